The van der Waals surface area contributed by atoms with Crippen molar-refractivity contribution >= 4 is 0 Å². The predicted molar refractivity (Wildman–Crippen MR) is 83.4 cm³/mol. The van der Waals surface area contributed by atoms with Crippen LogP contribution < -0.4 is 5.32 Å². The van der Waals surface area contributed by atoms with E-state index >= 15 is 0 Å². The molecule has 0 radical (unpaired) electrons. The van der Waals surface area contributed by atoms with Gasteiger partial charge in [0.15, 0.2) is 0 Å². The van der Waals surface area contributed by atoms with Crippen LogP contribution in [0.2, 0.25) is 0 Å². The van der Waals surface area contributed by atoms with E-state index in [2.05, 4.69) is 31.0 Å². The first kappa shape index (κ1) is 15.3. The van der Waals surface area contributed by atoms with E-state index in [9.17, 15) is 0 Å². The predicted octanol–water partition coefficient (Wildman–Crippen LogP) is 3.52. The Balaban J connectivity index is 1.53. The molecule has 0 aliphatic heterocycles. The molecular weight excluding hydrogens is 232 g/mol. The molecule has 2 fully saturated rings. The van der Waals surface area contributed by atoms with Gasteiger partial charge in [0, 0.05) is 6.04 Å². The van der Waals surface area contributed by atoms with Gasteiger partial charge in [0.25, 0.3) is 0 Å². The highest BCUT2D eigenvalue weighted by Crippen LogP contribution is 2.47. The molecule has 1 N–H and O–H groups in total. The molecule has 2 aliphatic rings. The average molecular weight is 266 g/mol. The topological polar surface area (TPSA) is 15.3 Å². The highest BCUT2D eigenvalue weighted by atomic mass is 15.1. The van der Waals surface area contributed by atoms with Crippen molar-refractivity contribution in [3.8, 4) is 0 Å². The largest absolute Gasteiger partial charge is 0.314 e. The zero-order valence-corrected chi connectivity index (χ0v) is 13.3. The molecule has 19 heavy (non-hydrogen) atoms. The minimum absolute atomic E-state index is 0.703. The Morgan fingerprint density at radius 2 is 1.95 bits per heavy atom. The van der Waals surface area contributed by atoms with Crippen molar-refractivity contribution in [2.75, 3.05) is 26.2 Å². The van der Waals surface area contributed by atoms with E-state index in [1.165, 1.54) is 58.3 Å². The second-order valence-electron chi connectivity index (χ2n) is 6.91. The van der Waals surface area contributed by atoms with Crippen LogP contribution in [0.3, 0.4) is 0 Å². The zero-order chi connectivity index (χ0) is 13.7. The van der Waals surface area contributed by atoms with E-state index in [4.69, 9.17) is 0 Å². The number of fused-ring (bicyclic) bond motifs is 2. The summed E-state index contributed by atoms with van der Waals surface area (Å²) < 4.78 is 0. The van der Waals surface area contributed by atoms with Gasteiger partial charge in [0.2, 0.25) is 0 Å². The maximum absolute atomic E-state index is 3.80. The first-order chi connectivity index (χ1) is 9.22. The monoisotopic (exact) mass is 266 g/mol. The Kier molecular flexibility index (Phi) is 6.15. The number of nitrogens with zero attached hydrogens (tertiary/aromatic N) is 1. The van der Waals surface area contributed by atoms with Gasteiger partial charge in [-0.15, -0.1) is 0 Å². The molecule has 2 heteroatoms. The molecule has 0 aromatic heterocycles. The van der Waals surface area contributed by atoms with Crippen LogP contribution >= 0.6 is 0 Å². The van der Waals surface area contributed by atoms with Gasteiger partial charge in [-0.25, -0.2) is 0 Å². The molecule has 0 amide bonds. The van der Waals surface area contributed by atoms with Crippen molar-refractivity contribution in [3.05, 3.63) is 0 Å². The summed E-state index contributed by atoms with van der Waals surface area (Å²) in [6.07, 6.45) is 8.78. The third kappa shape index (κ3) is 4.46. The van der Waals surface area contributed by atoms with Crippen LogP contribution in [-0.4, -0.2) is 37.1 Å². The Morgan fingerprint density at radius 3 is 2.53 bits per heavy atom. The van der Waals surface area contributed by atoms with E-state index in [-0.39, 0.29) is 0 Å². The van der Waals surface area contributed by atoms with Gasteiger partial charge in [-0.3, -0.25) is 0 Å². The second kappa shape index (κ2) is 7.64. The minimum atomic E-state index is 0.703. The summed E-state index contributed by atoms with van der Waals surface area (Å²) in [5, 5.41) is 3.80. The van der Waals surface area contributed by atoms with Crippen molar-refractivity contribution in [1.82, 2.24) is 10.2 Å². The van der Waals surface area contributed by atoms with Crippen LogP contribution in [-0.2, 0) is 0 Å². The van der Waals surface area contributed by atoms with Crippen LogP contribution in [0.1, 0.15) is 59.3 Å². The fourth-order valence-electron chi connectivity index (χ4n) is 4.24. The second-order valence-corrected chi connectivity index (χ2v) is 6.91. The summed E-state index contributed by atoms with van der Waals surface area (Å²) in [4.78, 5) is 2.53. The number of hydrogen-bond donors (Lipinski definition) is 1. The van der Waals surface area contributed by atoms with Crippen molar-refractivity contribution in [2.45, 2.75) is 65.3 Å². The maximum atomic E-state index is 3.80. The van der Waals surface area contributed by atoms with Gasteiger partial charge in [-0.05, 0) is 83.0 Å². The van der Waals surface area contributed by atoms with Gasteiger partial charge in [-0.1, -0.05) is 20.3 Å². The molecule has 112 valence electrons. The van der Waals surface area contributed by atoms with Crippen LogP contribution in [0.4, 0.5) is 0 Å². The summed E-state index contributed by atoms with van der Waals surface area (Å²) in [7, 11) is 0. The number of rotatable bonds is 9. The number of nitrogens with one attached hydrogen (secondary N) is 1. The van der Waals surface area contributed by atoms with Crippen molar-refractivity contribution < 1.29 is 0 Å². The van der Waals surface area contributed by atoms with Crippen LogP contribution in [0, 0.1) is 17.8 Å². The summed E-state index contributed by atoms with van der Waals surface area (Å²) in [5.74, 6) is 3.17. The van der Waals surface area contributed by atoms with Crippen LogP contribution in [0.15, 0.2) is 0 Å². The molecule has 0 saturated heterocycles. The molecule has 2 saturated carbocycles. The summed E-state index contributed by atoms with van der Waals surface area (Å²) in [6, 6.07) is 0.703. The van der Waals surface area contributed by atoms with Crippen LogP contribution in [0.5, 0.6) is 0 Å². The Bertz CT molecular complexity index is 250. The summed E-state index contributed by atoms with van der Waals surface area (Å²) >= 11 is 0. The van der Waals surface area contributed by atoms with E-state index in [0.29, 0.717) is 6.04 Å². The SMILES string of the molecule is CCN(CC)CCCC(C)NCC1CC2CCC1C2. The lowest BCUT2D eigenvalue weighted by molar-refractivity contribution is 0.280. The highest BCUT2D eigenvalue weighted by Gasteiger charge is 2.38. The van der Waals surface area contributed by atoms with E-state index in [0.717, 1.165) is 17.8 Å². The minimum Gasteiger partial charge on any atom is -0.314 e. The smallest absolute Gasteiger partial charge is 0.00393 e. The van der Waals surface area contributed by atoms with Gasteiger partial charge in [0.1, 0.15) is 0 Å². The quantitative estimate of drug-likeness (QED) is 0.687. The molecule has 0 spiro atoms. The van der Waals surface area contributed by atoms with Crippen molar-refractivity contribution in [3.63, 3.8) is 0 Å². The van der Waals surface area contributed by atoms with E-state index in [1.54, 1.807) is 6.42 Å². The number of hydrogen-bond acceptors (Lipinski definition) is 2. The molecular formula is C17H34N2. The lowest BCUT2D eigenvalue weighted by atomic mass is 9.88. The Labute approximate surface area is 120 Å². The molecule has 2 nitrogen and oxygen atoms in total. The van der Waals surface area contributed by atoms with Crippen molar-refractivity contribution in [1.29, 1.82) is 0 Å². The molecule has 0 heterocycles. The molecule has 4 atom stereocenters. The fourth-order valence-corrected chi connectivity index (χ4v) is 4.24. The lowest BCUT2D eigenvalue weighted by Crippen LogP contribution is -2.34. The summed E-state index contributed by atoms with van der Waals surface area (Å²) in [5.41, 5.74) is 0. The molecule has 0 aromatic rings. The standard InChI is InChI=1S/C17H34N2/c1-4-19(5-2)10-6-7-14(3)18-13-17-12-15-8-9-16(17)11-15/h14-18H,4-13H2,1-3H3. The van der Waals surface area contributed by atoms with Crippen LogP contribution in [0.25, 0.3) is 0 Å². The normalized spacial score (nSPS) is 31.3. The maximum Gasteiger partial charge on any atom is 0.00393 e. The molecule has 4 unspecified atom stereocenters. The lowest BCUT2D eigenvalue weighted by Gasteiger charge is -2.25. The average Bonchev–Trinajstić information content (AvgIpc) is 3.03. The van der Waals surface area contributed by atoms with Crippen molar-refractivity contribution in [2.24, 2.45) is 17.8 Å². The van der Waals surface area contributed by atoms with E-state index < -0.39 is 0 Å². The van der Waals surface area contributed by atoms with E-state index in [1.807, 2.05) is 0 Å². The van der Waals surface area contributed by atoms with Gasteiger partial charge < -0.3 is 10.2 Å². The fraction of sp³-hybridized carbons (Fsp3) is 1.00. The molecule has 2 rings (SSSR count). The Morgan fingerprint density at radius 1 is 1.16 bits per heavy atom. The Hall–Kier alpha value is -0.0800. The third-order valence-electron chi connectivity index (χ3n) is 5.62. The van der Waals surface area contributed by atoms with Gasteiger partial charge in [-0.2, -0.15) is 0 Å². The highest BCUT2D eigenvalue weighted by molar-refractivity contribution is 4.91. The summed E-state index contributed by atoms with van der Waals surface area (Å²) in [6.45, 7) is 11.9. The first-order valence-corrected chi connectivity index (χ1v) is 8.68. The molecule has 0 aromatic carbocycles. The molecule has 2 aliphatic carbocycles. The first-order valence-electron chi connectivity index (χ1n) is 8.68. The zero-order valence-electron chi connectivity index (χ0n) is 13.3. The van der Waals surface area contributed by atoms with Gasteiger partial charge in [0.05, 0.1) is 0 Å². The van der Waals surface area contributed by atoms with Gasteiger partial charge >= 0.3 is 0 Å². The third-order valence-corrected chi connectivity index (χ3v) is 5.62. The molecule has 2 bridgehead atoms.